The lowest BCUT2D eigenvalue weighted by molar-refractivity contribution is 0.102. The zero-order valence-corrected chi connectivity index (χ0v) is 17.0. The molecule has 0 unspecified atom stereocenters. The number of rotatable bonds is 4. The normalized spacial score (nSPS) is 17.3. The van der Waals surface area contributed by atoms with Crippen molar-refractivity contribution in [2.45, 2.75) is 26.3 Å². The summed E-state index contributed by atoms with van der Waals surface area (Å²) >= 11 is 1.40. The Kier molecular flexibility index (Phi) is 4.13. The van der Waals surface area contributed by atoms with Gasteiger partial charge in [0.15, 0.2) is 5.13 Å². The summed E-state index contributed by atoms with van der Waals surface area (Å²) in [5.41, 5.74) is 1.91. The van der Waals surface area contributed by atoms with Crippen molar-refractivity contribution in [2.75, 3.05) is 19.0 Å². The van der Waals surface area contributed by atoms with E-state index in [-0.39, 0.29) is 11.9 Å². The first-order valence-electron chi connectivity index (χ1n) is 9.35. The minimum absolute atomic E-state index is 0.188. The molecule has 5 rings (SSSR count). The molecule has 0 bridgehead atoms. The second-order valence-electron chi connectivity index (χ2n) is 6.93. The van der Waals surface area contributed by atoms with E-state index < -0.39 is 0 Å². The molecule has 0 saturated heterocycles. The van der Waals surface area contributed by atoms with Crippen LogP contribution in [0.4, 0.5) is 11.0 Å². The van der Waals surface area contributed by atoms with Crippen molar-refractivity contribution in [2.24, 2.45) is 9.98 Å². The molecule has 9 heteroatoms. The molecule has 1 aromatic carbocycles. The number of thiazole rings is 1. The number of fused-ring (bicyclic) bond motifs is 4. The summed E-state index contributed by atoms with van der Waals surface area (Å²) in [4.78, 5) is 28.8. The number of nitrogens with zero attached hydrogens (tertiary/aromatic N) is 4. The Bertz CT molecular complexity index is 1190. The monoisotopic (exact) mass is 409 g/mol. The first-order valence-corrected chi connectivity index (χ1v) is 10.2. The number of amidine groups is 1. The predicted octanol–water partition coefficient (Wildman–Crippen LogP) is 3.97. The largest absolute Gasteiger partial charge is 0.497 e. The predicted molar refractivity (Wildman–Crippen MR) is 113 cm³/mol. The highest BCUT2D eigenvalue weighted by atomic mass is 32.1. The van der Waals surface area contributed by atoms with E-state index in [1.54, 1.807) is 20.4 Å². The van der Waals surface area contributed by atoms with Crippen molar-refractivity contribution in [3.05, 3.63) is 35.1 Å². The van der Waals surface area contributed by atoms with Crippen LogP contribution < -0.4 is 10.1 Å². The fraction of sp³-hybridized carbons (Fsp3) is 0.300. The quantitative estimate of drug-likeness (QED) is 0.704. The van der Waals surface area contributed by atoms with Crippen LogP contribution in [-0.4, -0.2) is 47.7 Å². The third kappa shape index (κ3) is 2.89. The number of nitrogens with one attached hydrogen (secondary N) is 1. The van der Waals surface area contributed by atoms with Gasteiger partial charge in [0.2, 0.25) is 5.88 Å². The standard InChI is InChI=1S/C20H19N5O3S/c1-4-11-8-25-9-21-19-16(17(25)22-11)15(10(2)28-19)18(26)24-20-23-13-6-5-12(27-3)7-14(13)29-20/h5-7,9,11H,4,8H2,1-3H3,(H,23,24,26)/t11-/m0/s1. The van der Waals surface area contributed by atoms with Crippen LogP contribution in [0.5, 0.6) is 5.75 Å². The number of hydrogen-bond donors (Lipinski definition) is 1. The van der Waals surface area contributed by atoms with Gasteiger partial charge in [-0.05, 0) is 31.5 Å². The Balaban J connectivity index is 1.50. The summed E-state index contributed by atoms with van der Waals surface area (Å²) < 4.78 is 12.0. The number of aliphatic imine (C=N–C) groups is 2. The summed E-state index contributed by atoms with van der Waals surface area (Å²) in [6, 6.07) is 5.81. The molecule has 0 fully saturated rings. The third-order valence-electron chi connectivity index (χ3n) is 5.10. The molecule has 0 radical (unpaired) electrons. The van der Waals surface area contributed by atoms with E-state index in [0.29, 0.717) is 27.9 Å². The number of ether oxygens (including phenoxy) is 1. The number of carbonyl (C=O) groups is 1. The van der Waals surface area contributed by atoms with Crippen LogP contribution in [-0.2, 0) is 0 Å². The Hall–Kier alpha value is -3.20. The second-order valence-corrected chi connectivity index (χ2v) is 7.96. The maximum atomic E-state index is 13.2. The van der Waals surface area contributed by atoms with E-state index in [1.807, 2.05) is 23.1 Å². The molecule has 4 heterocycles. The minimum Gasteiger partial charge on any atom is -0.497 e. The number of aryl methyl sites for hydroxylation is 1. The molecule has 8 nitrogen and oxygen atoms in total. The van der Waals surface area contributed by atoms with Gasteiger partial charge in [-0.25, -0.2) is 9.98 Å². The number of benzene rings is 1. The van der Waals surface area contributed by atoms with E-state index in [0.717, 1.165) is 34.8 Å². The molecule has 1 atom stereocenters. The highest BCUT2D eigenvalue weighted by Gasteiger charge is 2.36. The summed E-state index contributed by atoms with van der Waals surface area (Å²) in [5.74, 6) is 2.16. The maximum Gasteiger partial charge on any atom is 0.261 e. The van der Waals surface area contributed by atoms with Crippen LogP contribution >= 0.6 is 11.3 Å². The maximum absolute atomic E-state index is 13.2. The molecular weight excluding hydrogens is 390 g/mol. The fourth-order valence-electron chi connectivity index (χ4n) is 3.60. The molecular formula is C20H19N5O3S. The highest BCUT2D eigenvalue weighted by Crippen LogP contribution is 2.36. The topological polar surface area (TPSA) is 92.3 Å². The van der Waals surface area contributed by atoms with Crippen molar-refractivity contribution < 1.29 is 13.9 Å². The van der Waals surface area contributed by atoms with Gasteiger partial charge in [0.1, 0.15) is 23.7 Å². The number of hydrogen-bond acceptors (Lipinski definition) is 8. The Morgan fingerprint density at radius 2 is 2.31 bits per heavy atom. The first-order chi connectivity index (χ1) is 14.1. The number of aromatic nitrogens is 1. The third-order valence-corrected chi connectivity index (χ3v) is 6.04. The Morgan fingerprint density at radius 1 is 1.45 bits per heavy atom. The number of anilines is 1. The molecule has 0 spiro atoms. The smallest absolute Gasteiger partial charge is 0.261 e. The van der Waals surface area contributed by atoms with Gasteiger partial charge in [0.05, 0.1) is 34.5 Å². The van der Waals surface area contributed by atoms with E-state index >= 15 is 0 Å². The summed E-state index contributed by atoms with van der Waals surface area (Å²) in [5, 5.41) is 3.43. The SMILES string of the molecule is CC[C@H]1CN2C=Nc3oc(C)c(C(=O)Nc4nc5ccc(OC)cc5s4)c3C2=N1. The summed E-state index contributed by atoms with van der Waals surface area (Å²) in [6.45, 7) is 4.63. The van der Waals surface area contributed by atoms with E-state index in [2.05, 4.69) is 22.2 Å². The second kappa shape index (κ2) is 6.70. The Morgan fingerprint density at radius 3 is 3.10 bits per heavy atom. The summed E-state index contributed by atoms with van der Waals surface area (Å²) in [6.07, 6.45) is 2.65. The number of amides is 1. The van der Waals surface area contributed by atoms with Crippen molar-refractivity contribution in [3.8, 4) is 5.75 Å². The molecule has 1 N–H and O–H groups in total. The van der Waals surface area contributed by atoms with Crippen LogP contribution in [0.2, 0.25) is 0 Å². The van der Waals surface area contributed by atoms with Gasteiger partial charge in [-0.15, -0.1) is 0 Å². The van der Waals surface area contributed by atoms with Gasteiger partial charge in [0.25, 0.3) is 5.91 Å². The van der Waals surface area contributed by atoms with E-state index in [1.165, 1.54) is 11.3 Å². The zero-order valence-electron chi connectivity index (χ0n) is 16.2. The van der Waals surface area contributed by atoms with Gasteiger partial charge >= 0.3 is 0 Å². The lowest BCUT2D eigenvalue weighted by Crippen LogP contribution is -2.31. The van der Waals surface area contributed by atoms with E-state index in [9.17, 15) is 4.79 Å². The lowest BCUT2D eigenvalue weighted by Gasteiger charge is -2.18. The highest BCUT2D eigenvalue weighted by molar-refractivity contribution is 7.22. The molecule has 2 aliphatic heterocycles. The van der Waals surface area contributed by atoms with Gasteiger partial charge in [0, 0.05) is 6.54 Å². The van der Waals surface area contributed by atoms with Crippen LogP contribution in [0.15, 0.2) is 32.6 Å². The fourth-order valence-corrected chi connectivity index (χ4v) is 4.49. The van der Waals surface area contributed by atoms with Gasteiger partial charge in [-0.3, -0.25) is 15.1 Å². The number of furan rings is 1. The Labute approximate surface area is 170 Å². The number of methoxy groups -OCH3 is 1. The lowest BCUT2D eigenvalue weighted by atomic mass is 10.1. The van der Waals surface area contributed by atoms with Crippen molar-refractivity contribution >= 4 is 50.7 Å². The molecule has 29 heavy (non-hydrogen) atoms. The molecule has 0 saturated carbocycles. The van der Waals surface area contributed by atoms with Gasteiger partial charge in [-0.1, -0.05) is 18.3 Å². The van der Waals surface area contributed by atoms with Crippen molar-refractivity contribution in [3.63, 3.8) is 0 Å². The molecule has 2 aliphatic rings. The first kappa shape index (κ1) is 17.9. The zero-order chi connectivity index (χ0) is 20.1. The van der Waals surface area contributed by atoms with Crippen molar-refractivity contribution in [1.29, 1.82) is 0 Å². The molecule has 0 aliphatic carbocycles. The minimum atomic E-state index is -0.279. The molecule has 148 valence electrons. The molecule has 2 aromatic heterocycles. The summed E-state index contributed by atoms with van der Waals surface area (Å²) in [7, 11) is 1.62. The van der Waals surface area contributed by atoms with Crippen LogP contribution in [0.3, 0.4) is 0 Å². The average molecular weight is 409 g/mol. The molecule has 1 amide bonds. The molecule has 3 aromatic rings. The van der Waals surface area contributed by atoms with Gasteiger partial charge in [-0.2, -0.15) is 0 Å². The van der Waals surface area contributed by atoms with Crippen LogP contribution in [0.1, 0.15) is 35.0 Å². The van der Waals surface area contributed by atoms with Crippen LogP contribution in [0.25, 0.3) is 10.2 Å². The van der Waals surface area contributed by atoms with Crippen LogP contribution in [0, 0.1) is 6.92 Å². The van der Waals surface area contributed by atoms with E-state index in [4.69, 9.17) is 14.1 Å². The average Bonchev–Trinajstić information content (AvgIpc) is 3.39. The van der Waals surface area contributed by atoms with Crippen molar-refractivity contribution in [1.82, 2.24) is 9.88 Å². The number of carbonyl (C=O) groups excluding carboxylic acids is 1. The van der Waals surface area contributed by atoms with Gasteiger partial charge < -0.3 is 14.1 Å².